The number of aromatic hydroxyl groups is 1. The number of hydrogen-bond donors (Lipinski definition) is 2. The van der Waals surface area contributed by atoms with Crippen molar-refractivity contribution in [2.45, 2.75) is 10.5 Å². The van der Waals surface area contributed by atoms with E-state index in [4.69, 9.17) is 11.6 Å². The molecule has 0 saturated carbocycles. The maximum Gasteiger partial charge on any atom is 0.418 e. The molecule has 174 valence electrons. The van der Waals surface area contributed by atoms with Crippen molar-refractivity contribution in [1.29, 1.82) is 0 Å². The zero-order chi connectivity index (χ0) is 24.3. The van der Waals surface area contributed by atoms with Gasteiger partial charge in [-0.15, -0.1) is 11.3 Å². The van der Waals surface area contributed by atoms with Gasteiger partial charge in [0, 0.05) is 16.8 Å². The minimum absolute atomic E-state index is 0.0573. The van der Waals surface area contributed by atoms with Crippen LogP contribution in [-0.4, -0.2) is 28.0 Å². The lowest BCUT2D eigenvalue weighted by atomic mass is 10.1. The molecule has 0 unspecified atom stereocenters. The van der Waals surface area contributed by atoms with Gasteiger partial charge in [0.15, 0.2) is 4.34 Å². The maximum absolute atomic E-state index is 13.1. The number of amides is 1. The van der Waals surface area contributed by atoms with Gasteiger partial charge in [-0.2, -0.15) is 13.2 Å². The van der Waals surface area contributed by atoms with Crippen molar-refractivity contribution in [2.75, 3.05) is 11.1 Å². The van der Waals surface area contributed by atoms with Crippen LogP contribution in [0.15, 0.2) is 70.0 Å². The SMILES string of the molecule is O=C(CSc1nc2ccc(N=Cc3cc(Cl)ccc3O)cc2s1)Nc1ccccc1C(F)(F)F. The molecule has 1 aromatic heterocycles. The lowest BCUT2D eigenvalue weighted by Gasteiger charge is -2.13. The first-order valence-electron chi connectivity index (χ1n) is 9.71. The molecule has 0 bridgehead atoms. The summed E-state index contributed by atoms with van der Waals surface area (Å²) in [6, 6.07) is 14.8. The summed E-state index contributed by atoms with van der Waals surface area (Å²) in [4.78, 5) is 21.0. The van der Waals surface area contributed by atoms with Gasteiger partial charge in [-0.1, -0.05) is 35.5 Å². The number of hydrogen-bond acceptors (Lipinski definition) is 6. The van der Waals surface area contributed by atoms with Gasteiger partial charge in [0.25, 0.3) is 0 Å². The van der Waals surface area contributed by atoms with Crippen LogP contribution in [0.5, 0.6) is 5.75 Å². The summed E-state index contributed by atoms with van der Waals surface area (Å²) in [6.45, 7) is 0. The topological polar surface area (TPSA) is 74.6 Å². The second-order valence-corrected chi connectivity index (χ2v) is 9.66. The maximum atomic E-state index is 13.1. The van der Waals surface area contributed by atoms with Gasteiger partial charge >= 0.3 is 6.18 Å². The van der Waals surface area contributed by atoms with Gasteiger partial charge in [-0.25, -0.2) is 4.98 Å². The molecule has 11 heteroatoms. The number of halogens is 4. The summed E-state index contributed by atoms with van der Waals surface area (Å²) in [6.07, 6.45) is -3.06. The third kappa shape index (κ3) is 5.88. The summed E-state index contributed by atoms with van der Waals surface area (Å²) in [5.41, 5.74) is 0.644. The number of nitrogens with zero attached hydrogens (tertiary/aromatic N) is 2. The van der Waals surface area contributed by atoms with Gasteiger partial charge in [0.2, 0.25) is 5.91 Å². The number of carbonyl (C=O) groups excluding carboxylic acids is 1. The number of phenols is 1. The Kier molecular flexibility index (Phi) is 7.11. The third-order valence-electron chi connectivity index (χ3n) is 4.53. The molecule has 4 rings (SSSR count). The Hall–Kier alpha value is -3.08. The molecule has 1 amide bonds. The number of phenolic OH excluding ortho intramolecular Hbond substituents is 1. The van der Waals surface area contributed by atoms with Crippen LogP contribution in [0, 0.1) is 0 Å². The quantitative estimate of drug-likeness (QED) is 0.208. The van der Waals surface area contributed by atoms with Crippen LogP contribution in [0.25, 0.3) is 10.2 Å². The van der Waals surface area contributed by atoms with Crippen molar-refractivity contribution in [3.05, 3.63) is 76.8 Å². The first-order chi connectivity index (χ1) is 16.2. The van der Waals surface area contributed by atoms with E-state index in [1.165, 1.54) is 41.8 Å². The van der Waals surface area contributed by atoms with E-state index in [2.05, 4.69) is 15.3 Å². The number of aromatic nitrogens is 1. The second kappa shape index (κ2) is 10.0. The van der Waals surface area contributed by atoms with Crippen molar-refractivity contribution < 1.29 is 23.1 Å². The third-order valence-corrected chi connectivity index (χ3v) is 6.92. The van der Waals surface area contributed by atoms with E-state index >= 15 is 0 Å². The molecule has 3 aromatic carbocycles. The molecular weight excluding hydrogens is 507 g/mol. The molecule has 34 heavy (non-hydrogen) atoms. The van der Waals surface area contributed by atoms with Crippen molar-refractivity contribution >= 4 is 68.4 Å². The van der Waals surface area contributed by atoms with Gasteiger partial charge in [0.05, 0.1) is 32.9 Å². The van der Waals surface area contributed by atoms with E-state index in [0.717, 1.165) is 22.5 Å². The molecule has 0 fully saturated rings. The Morgan fingerprint density at radius 3 is 2.76 bits per heavy atom. The number of aliphatic imine (C=N–C) groups is 1. The average Bonchev–Trinajstić information content (AvgIpc) is 3.20. The Labute approximate surface area is 205 Å². The van der Waals surface area contributed by atoms with Crippen LogP contribution in [0.2, 0.25) is 5.02 Å². The van der Waals surface area contributed by atoms with Crippen LogP contribution in [0.3, 0.4) is 0 Å². The largest absolute Gasteiger partial charge is 0.507 e. The zero-order valence-electron chi connectivity index (χ0n) is 17.1. The first kappa shape index (κ1) is 24.1. The van der Waals surface area contributed by atoms with Gasteiger partial charge in [0.1, 0.15) is 5.75 Å². The predicted octanol–water partition coefficient (Wildman–Crippen LogP) is 7.16. The van der Waals surface area contributed by atoms with Crippen LogP contribution >= 0.6 is 34.7 Å². The van der Waals surface area contributed by atoms with Crippen molar-refractivity contribution in [2.24, 2.45) is 4.99 Å². The van der Waals surface area contributed by atoms with E-state index in [1.807, 2.05) is 6.07 Å². The number of rotatable bonds is 6. The van der Waals surface area contributed by atoms with E-state index in [-0.39, 0.29) is 17.2 Å². The number of alkyl halides is 3. The lowest BCUT2D eigenvalue weighted by molar-refractivity contribution is -0.137. The number of carbonyl (C=O) groups is 1. The van der Waals surface area contributed by atoms with Crippen molar-refractivity contribution in [3.63, 3.8) is 0 Å². The van der Waals surface area contributed by atoms with Crippen LogP contribution in [0.4, 0.5) is 24.5 Å². The summed E-state index contributed by atoms with van der Waals surface area (Å²) in [7, 11) is 0. The monoisotopic (exact) mass is 521 g/mol. The fraction of sp³-hybridized carbons (Fsp3) is 0.0870. The van der Waals surface area contributed by atoms with Gasteiger partial charge in [-0.05, 0) is 48.5 Å². The summed E-state index contributed by atoms with van der Waals surface area (Å²) < 4.78 is 40.7. The predicted molar refractivity (Wildman–Crippen MR) is 131 cm³/mol. The molecule has 0 aliphatic rings. The Morgan fingerprint density at radius 1 is 1.18 bits per heavy atom. The van der Waals surface area contributed by atoms with E-state index in [1.54, 1.807) is 24.3 Å². The lowest BCUT2D eigenvalue weighted by Crippen LogP contribution is -2.18. The summed E-state index contributed by atoms with van der Waals surface area (Å²) in [5, 5.41) is 12.7. The Morgan fingerprint density at radius 2 is 1.97 bits per heavy atom. The minimum atomic E-state index is -4.56. The molecule has 2 N–H and O–H groups in total. The van der Waals surface area contributed by atoms with E-state index < -0.39 is 17.6 Å². The smallest absolute Gasteiger partial charge is 0.418 e. The average molecular weight is 522 g/mol. The zero-order valence-corrected chi connectivity index (χ0v) is 19.5. The molecular formula is C23H15ClF3N3O2S2. The highest BCUT2D eigenvalue weighted by molar-refractivity contribution is 8.01. The highest BCUT2D eigenvalue weighted by Crippen LogP contribution is 2.35. The fourth-order valence-corrected chi connectivity index (χ4v) is 5.04. The molecule has 0 radical (unpaired) electrons. The molecule has 5 nitrogen and oxygen atoms in total. The second-order valence-electron chi connectivity index (χ2n) is 6.97. The number of thiazole rings is 1. The normalized spacial score (nSPS) is 11.9. The van der Waals surface area contributed by atoms with Crippen LogP contribution < -0.4 is 5.32 Å². The number of para-hydroxylation sites is 1. The molecule has 0 atom stereocenters. The Bertz CT molecular complexity index is 1390. The van der Waals surface area contributed by atoms with Gasteiger partial charge < -0.3 is 10.4 Å². The molecule has 0 spiro atoms. The summed E-state index contributed by atoms with van der Waals surface area (Å²) in [5.74, 6) is -0.597. The van der Waals surface area contributed by atoms with E-state index in [0.29, 0.717) is 26.1 Å². The molecule has 1 heterocycles. The first-order valence-corrected chi connectivity index (χ1v) is 11.9. The van der Waals surface area contributed by atoms with Crippen molar-refractivity contribution in [3.8, 4) is 5.75 Å². The van der Waals surface area contributed by atoms with Crippen LogP contribution in [-0.2, 0) is 11.0 Å². The summed E-state index contributed by atoms with van der Waals surface area (Å²) >= 11 is 8.42. The highest BCUT2D eigenvalue weighted by atomic mass is 35.5. The molecule has 0 aliphatic heterocycles. The van der Waals surface area contributed by atoms with Crippen LogP contribution in [0.1, 0.15) is 11.1 Å². The number of fused-ring (bicyclic) bond motifs is 1. The number of benzene rings is 3. The Balaban J connectivity index is 1.42. The molecule has 0 aliphatic carbocycles. The highest BCUT2D eigenvalue weighted by Gasteiger charge is 2.33. The number of anilines is 1. The minimum Gasteiger partial charge on any atom is -0.507 e. The van der Waals surface area contributed by atoms with Gasteiger partial charge in [-0.3, -0.25) is 9.79 Å². The molecule has 4 aromatic rings. The molecule has 0 saturated heterocycles. The fourth-order valence-electron chi connectivity index (χ4n) is 2.96. The number of nitrogens with one attached hydrogen (secondary N) is 1. The van der Waals surface area contributed by atoms with E-state index in [9.17, 15) is 23.1 Å². The van der Waals surface area contributed by atoms with Crippen molar-refractivity contribution in [1.82, 2.24) is 4.98 Å². The standard InChI is InChI=1S/C23H15ClF3N3O2S2/c24-14-5-8-19(31)13(9-14)11-28-15-6-7-18-20(10-15)34-22(30-18)33-12-21(32)29-17-4-2-1-3-16(17)23(25,26)27/h1-11,31H,12H2,(H,29,32). The number of thioether (sulfide) groups is 1.